The van der Waals surface area contributed by atoms with Gasteiger partial charge in [0.1, 0.15) is 24.3 Å². The van der Waals surface area contributed by atoms with Crippen LogP contribution in [0, 0.1) is 5.82 Å². The third-order valence-electron chi connectivity index (χ3n) is 4.85. The summed E-state index contributed by atoms with van der Waals surface area (Å²) < 4.78 is 23.8. The van der Waals surface area contributed by atoms with Gasteiger partial charge in [-0.3, -0.25) is 4.90 Å². The number of aliphatic hydroxyl groups is 1. The number of rotatable bonds is 8. The van der Waals surface area contributed by atoms with Gasteiger partial charge in [-0.2, -0.15) is 0 Å². The highest BCUT2D eigenvalue weighted by molar-refractivity contribution is 5.89. The van der Waals surface area contributed by atoms with Crippen LogP contribution in [0.25, 0.3) is 0 Å². The molecule has 6 heteroatoms. The smallest absolute Gasteiger partial charge is 0.338 e. The van der Waals surface area contributed by atoms with Gasteiger partial charge in [-0.1, -0.05) is 18.2 Å². The first-order valence-corrected chi connectivity index (χ1v) is 9.64. The van der Waals surface area contributed by atoms with Crippen molar-refractivity contribution in [3.63, 3.8) is 0 Å². The van der Waals surface area contributed by atoms with Gasteiger partial charge in [-0.05, 0) is 62.2 Å². The Kier molecular flexibility index (Phi) is 7.01. The van der Waals surface area contributed by atoms with Gasteiger partial charge < -0.3 is 14.6 Å². The van der Waals surface area contributed by atoms with E-state index in [4.69, 9.17) is 9.47 Å². The van der Waals surface area contributed by atoms with E-state index in [9.17, 15) is 14.3 Å². The highest BCUT2D eigenvalue weighted by Gasteiger charge is 2.27. The normalized spacial score (nSPS) is 18.0. The van der Waals surface area contributed by atoms with Crippen LogP contribution in [0.15, 0.2) is 48.5 Å². The summed E-state index contributed by atoms with van der Waals surface area (Å²) in [5.41, 5.74) is 1.49. The lowest BCUT2D eigenvalue weighted by molar-refractivity contribution is 0.0524. The minimum atomic E-state index is -0.674. The number of halogens is 1. The second kappa shape index (κ2) is 9.66. The Morgan fingerprint density at radius 3 is 2.82 bits per heavy atom. The number of nitrogens with zero attached hydrogens (tertiary/aromatic N) is 1. The van der Waals surface area contributed by atoms with Crippen LogP contribution in [0.2, 0.25) is 0 Å². The molecule has 0 aromatic heterocycles. The molecule has 1 aliphatic rings. The summed E-state index contributed by atoms with van der Waals surface area (Å²) >= 11 is 0. The van der Waals surface area contributed by atoms with Crippen molar-refractivity contribution in [3.8, 4) is 5.75 Å². The van der Waals surface area contributed by atoms with Crippen LogP contribution in [-0.2, 0) is 4.74 Å². The van der Waals surface area contributed by atoms with Crippen LogP contribution >= 0.6 is 0 Å². The number of ether oxygens (including phenoxy) is 2. The summed E-state index contributed by atoms with van der Waals surface area (Å²) in [6, 6.07) is 13.5. The second-order valence-corrected chi connectivity index (χ2v) is 6.92. The van der Waals surface area contributed by atoms with E-state index in [0.29, 0.717) is 24.5 Å². The number of benzene rings is 2. The van der Waals surface area contributed by atoms with E-state index in [0.717, 1.165) is 24.9 Å². The van der Waals surface area contributed by atoms with Crippen molar-refractivity contribution in [1.29, 1.82) is 0 Å². The molecule has 5 nitrogen and oxygen atoms in total. The van der Waals surface area contributed by atoms with E-state index in [1.54, 1.807) is 31.2 Å². The van der Waals surface area contributed by atoms with Crippen molar-refractivity contribution in [1.82, 2.24) is 4.90 Å². The fourth-order valence-electron chi connectivity index (χ4n) is 3.55. The minimum Gasteiger partial charge on any atom is -0.491 e. The number of carbonyl (C=O) groups is 1. The zero-order valence-electron chi connectivity index (χ0n) is 16.0. The number of β-amino-alcohol motifs (C(OH)–C–C–N with tert-alkyl or cyclic N) is 1. The van der Waals surface area contributed by atoms with E-state index >= 15 is 0 Å². The first-order valence-electron chi connectivity index (χ1n) is 9.64. The molecule has 1 heterocycles. The summed E-state index contributed by atoms with van der Waals surface area (Å²) in [7, 11) is 0. The predicted molar refractivity (Wildman–Crippen MR) is 104 cm³/mol. The molecule has 2 aromatic rings. The summed E-state index contributed by atoms with van der Waals surface area (Å²) in [5.74, 6) is -0.124. The summed E-state index contributed by atoms with van der Waals surface area (Å²) in [5, 5.41) is 10.4. The highest BCUT2D eigenvalue weighted by atomic mass is 19.1. The number of carbonyl (C=O) groups excluding carboxylic acids is 1. The third kappa shape index (κ3) is 5.30. The molecule has 1 aliphatic heterocycles. The second-order valence-electron chi connectivity index (χ2n) is 6.92. The van der Waals surface area contributed by atoms with Crippen molar-refractivity contribution in [2.45, 2.75) is 31.9 Å². The van der Waals surface area contributed by atoms with Gasteiger partial charge in [0.15, 0.2) is 0 Å². The first-order chi connectivity index (χ1) is 13.6. The SMILES string of the molecule is CCOC(=O)c1cccc(OC[C@H](O)CN2CCC[C@H]2c2ccc(F)cc2)c1. The number of hydrogen-bond donors (Lipinski definition) is 1. The summed E-state index contributed by atoms with van der Waals surface area (Å²) in [6.07, 6.45) is 1.35. The van der Waals surface area contributed by atoms with Gasteiger partial charge in [0.25, 0.3) is 0 Å². The van der Waals surface area contributed by atoms with Crippen molar-refractivity contribution in [2.24, 2.45) is 0 Å². The molecule has 1 N–H and O–H groups in total. The lowest BCUT2D eigenvalue weighted by atomic mass is 10.0. The number of likely N-dealkylation sites (tertiary alicyclic amines) is 1. The zero-order chi connectivity index (χ0) is 19.9. The van der Waals surface area contributed by atoms with Crippen molar-refractivity contribution in [2.75, 3.05) is 26.3 Å². The van der Waals surface area contributed by atoms with Gasteiger partial charge in [0.2, 0.25) is 0 Å². The molecule has 2 atom stereocenters. The quantitative estimate of drug-likeness (QED) is 0.702. The molecule has 0 radical (unpaired) electrons. The fourth-order valence-corrected chi connectivity index (χ4v) is 3.55. The van der Waals surface area contributed by atoms with Crippen molar-refractivity contribution < 1.29 is 23.8 Å². The molecular formula is C22H26FNO4. The maximum Gasteiger partial charge on any atom is 0.338 e. The van der Waals surface area contributed by atoms with E-state index in [1.165, 1.54) is 12.1 Å². The molecular weight excluding hydrogens is 361 g/mol. The Labute approximate surface area is 164 Å². The van der Waals surface area contributed by atoms with Crippen LogP contribution in [0.1, 0.15) is 41.7 Å². The Balaban J connectivity index is 1.54. The molecule has 0 bridgehead atoms. The van der Waals surface area contributed by atoms with Gasteiger partial charge in [-0.25, -0.2) is 9.18 Å². The number of aliphatic hydroxyl groups excluding tert-OH is 1. The average Bonchev–Trinajstić information content (AvgIpc) is 3.15. The van der Waals surface area contributed by atoms with Crippen LogP contribution in [0.4, 0.5) is 4.39 Å². The monoisotopic (exact) mass is 387 g/mol. The Morgan fingerprint density at radius 2 is 2.07 bits per heavy atom. The molecule has 0 unspecified atom stereocenters. The molecule has 1 saturated heterocycles. The summed E-state index contributed by atoms with van der Waals surface area (Å²) in [6.45, 7) is 3.55. The van der Waals surface area contributed by atoms with E-state index < -0.39 is 12.1 Å². The van der Waals surface area contributed by atoms with Gasteiger partial charge in [0, 0.05) is 12.6 Å². The molecule has 28 heavy (non-hydrogen) atoms. The largest absolute Gasteiger partial charge is 0.491 e. The van der Waals surface area contributed by atoms with Gasteiger partial charge in [0.05, 0.1) is 12.2 Å². The highest BCUT2D eigenvalue weighted by Crippen LogP contribution is 2.32. The first kappa shape index (κ1) is 20.3. The zero-order valence-corrected chi connectivity index (χ0v) is 16.0. The molecule has 0 saturated carbocycles. The predicted octanol–water partition coefficient (Wildman–Crippen LogP) is 3.58. The summed E-state index contributed by atoms with van der Waals surface area (Å²) in [4.78, 5) is 14.0. The fraction of sp³-hybridized carbons (Fsp3) is 0.409. The van der Waals surface area contributed by atoms with Crippen LogP contribution in [0.3, 0.4) is 0 Å². The minimum absolute atomic E-state index is 0.124. The molecule has 2 aromatic carbocycles. The standard InChI is InChI=1S/C22H26FNO4/c1-2-27-22(26)17-5-3-6-20(13-17)28-15-19(25)14-24-12-4-7-21(24)16-8-10-18(23)11-9-16/h3,5-6,8-11,13,19,21,25H,2,4,7,12,14-15H2,1H3/t19-,21+/m1/s1. The Hall–Kier alpha value is -2.44. The van der Waals surface area contributed by atoms with Crippen LogP contribution < -0.4 is 4.74 Å². The maximum atomic E-state index is 13.2. The average molecular weight is 387 g/mol. The lowest BCUT2D eigenvalue weighted by Gasteiger charge is -2.27. The molecule has 3 rings (SSSR count). The van der Waals surface area contributed by atoms with Gasteiger partial charge >= 0.3 is 5.97 Å². The number of esters is 1. The van der Waals surface area contributed by atoms with Crippen molar-refractivity contribution in [3.05, 3.63) is 65.5 Å². The third-order valence-corrected chi connectivity index (χ3v) is 4.85. The van der Waals surface area contributed by atoms with E-state index in [2.05, 4.69) is 4.90 Å². The molecule has 0 aliphatic carbocycles. The molecule has 0 amide bonds. The van der Waals surface area contributed by atoms with E-state index in [-0.39, 0.29) is 18.5 Å². The Morgan fingerprint density at radius 1 is 1.29 bits per heavy atom. The Bertz CT molecular complexity index is 780. The molecule has 0 spiro atoms. The van der Waals surface area contributed by atoms with Crippen LogP contribution in [0.5, 0.6) is 5.75 Å². The van der Waals surface area contributed by atoms with E-state index in [1.807, 2.05) is 12.1 Å². The molecule has 150 valence electrons. The molecule has 1 fully saturated rings. The topological polar surface area (TPSA) is 59.0 Å². The number of hydrogen-bond acceptors (Lipinski definition) is 5. The van der Waals surface area contributed by atoms with Crippen LogP contribution in [-0.4, -0.2) is 48.4 Å². The van der Waals surface area contributed by atoms with Crippen molar-refractivity contribution >= 4 is 5.97 Å². The maximum absolute atomic E-state index is 13.2. The lowest BCUT2D eigenvalue weighted by Crippen LogP contribution is -2.35. The van der Waals surface area contributed by atoms with Gasteiger partial charge in [-0.15, -0.1) is 0 Å².